The lowest BCUT2D eigenvalue weighted by Gasteiger charge is -2.09. The molecule has 0 aromatic heterocycles. The van der Waals surface area contributed by atoms with Crippen LogP contribution in [0, 0.1) is 22.9 Å². The second-order valence-corrected chi connectivity index (χ2v) is 4.37. The van der Waals surface area contributed by atoms with Gasteiger partial charge in [0.15, 0.2) is 0 Å². The van der Waals surface area contributed by atoms with E-state index in [-0.39, 0.29) is 22.7 Å². The van der Waals surface area contributed by atoms with Crippen LogP contribution in [0.2, 0.25) is 0 Å². The number of aryl methyl sites for hydroxylation is 1. The van der Waals surface area contributed by atoms with Gasteiger partial charge < -0.3 is 10.4 Å². The Morgan fingerprint density at radius 3 is 2.67 bits per heavy atom. The molecule has 0 aliphatic heterocycles. The maximum absolute atomic E-state index is 13.2. The molecule has 2 rings (SSSR count). The quantitative estimate of drug-likeness (QED) is 0.516. The molecule has 0 aliphatic rings. The Morgan fingerprint density at radius 1 is 1.29 bits per heavy atom. The number of nitrogens with zero attached hydrogens (tertiary/aromatic N) is 1. The van der Waals surface area contributed by atoms with E-state index in [2.05, 4.69) is 5.32 Å². The van der Waals surface area contributed by atoms with Crippen molar-refractivity contribution in [3.8, 4) is 5.75 Å². The van der Waals surface area contributed by atoms with Gasteiger partial charge in [-0.05, 0) is 30.7 Å². The number of hydrogen-bond acceptors (Lipinski definition) is 4. The number of phenolic OH excluding ortho intramolecular Hbond substituents is 1. The fraction of sp³-hybridized carbons (Fsp3) is 0.0714. The smallest absolute Gasteiger partial charge is 0.271 e. The number of nitrogens with one attached hydrogen (secondary N) is 1. The zero-order chi connectivity index (χ0) is 15.6. The number of rotatable bonds is 3. The van der Waals surface area contributed by atoms with Gasteiger partial charge in [-0.25, -0.2) is 4.39 Å². The first-order chi connectivity index (χ1) is 9.88. The predicted octanol–water partition coefficient (Wildman–Crippen LogP) is 3.00. The van der Waals surface area contributed by atoms with Crippen molar-refractivity contribution in [3.63, 3.8) is 0 Å². The van der Waals surface area contributed by atoms with Gasteiger partial charge in [-0.15, -0.1) is 0 Å². The van der Waals surface area contributed by atoms with E-state index in [0.29, 0.717) is 5.56 Å². The van der Waals surface area contributed by atoms with Crippen LogP contribution >= 0.6 is 0 Å². The van der Waals surface area contributed by atoms with Crippen LogP contribution in [0.4, 0.5) is 15.8 Å². The number of non-ortho nitro benzene ring substituents is 1. The van der Waals surface area contributed by atoms with Crippen molar-refractivity contribution in [1.82, 2.24) is 0 Å². The average molecular weight is 290 g/mol. The summed E-state index contributed by atoms with van der Waals surface area (Å²) in [5, 5.41) is 22.6. The molecule has 2 N–H and O–H groups in total. The summed E-state index contributed by atoms with van der Waals surface area (Å²) in [6.07, 6.45) is 0. The molecule has 0 unspecified atom stereocenters. The van der Waals surface area contributed by atoms with Crippen molar-refractivity contribution in [2.24, 2.45) is 0 Å². The largest absolute Gasteiger partial charge is 0.506 e. The van der Waals surface area contributed by atoms with Gasteiger partial charge in [0, 0.05) is 17.7 Å². The van der Waals surface area contributed by atoms with Crippen LogP contribution < -0.4 is 5.32 Å². The first-order valence-electron chi connectivity index (χ1n) is 5.93. The molecular weight excluding hydrogens is 279 g/mol. The van der Waals surface area contributed by atoms with E-state index in [1.54, 1.807) is 6.92 Å². The van der Waals surface area contributed by atoms with Crippen LogP contribution in [-0.2, 0) is 0 Å². The number of carbonyl (C=O) groups is 1. The van der Waals surface area contributed by atoms with Gasteiger partial charge in [0.1, 0.15) is 11.6 Å². The highest BCUT2D eigenvalue weighted by molar-refractivity contribution is 6.06. The van der Waals surface area contributed by atoms with Crippen LogP contribution in [-0.4, -0.2) is 15.9 Å². The Bertz CT molecular complexity index is 731. The number of halogens is 1. The van der Waals surface area contributed by atoms with Crippen molar-refractivity contribution in [3.05, 3.63) is 63.5 Å². The standard InChI is InChI=1S/C14H11FN2O4/c1-8-2-3-9(15)6-11(8)14(19)16-12-7-10(17(20)21)4-5-13(12)18/h2-7,18H,1H3,(H,16,19). The number of phenols is 1. The zero-order valence-electron chi connectivity index (χ0n) is 11.0. The van der Waals surface area contributed by atoms with E-state index >= 15 is 0 Å². The van der Waals surface area contributed by atoms with Crippen LogP contribution in [0.15, 0.2) is 36.4 Å². The molecule has 0 aliphatic carbocycles. The van der Waals surface area contributed by atoms with Gasteiger partial charge in [-0.2, -0.15) is 0 Å². The number of aromatic hydroxyl groups is 1. The molecule has 2 aromatic rings. The summed E-state index contributed by atoms with van der Waals surface area (Å²) in [5.41, 5.74) is 0.233. The SMILES string of the molecule is Cc1ccc(F)cc1C(=O)Nc1cc([N+](=O)[O-])ccc1O. The molecule has 6 nitrogen and oxygen atoms in total. The van der Waals surface area contributed by atoms with Crippen molar-refractivity contribution in [2.75, 3.05) is 5.32 Å². The van der Waals surface area contributed by atoms with Crippen molar-refractivity contribution in [2.45, 2.75) is 6.92 Å². The average Bonchev–Trinajstić information content (AvgIpc) is 2.43. The minimum absolute atomic E-state index is 0.0842. The van der Waals surface area contributed by atoms with E-state index in [9.17, 15) is 24.4 Å². The molecule has 1 amide bonds. The summed E-state index contributed by atoms with van der Waals surface area (Å²) < 4.78 is 13.2. The third-order valence-electron chi connectivity index (χ3n) is 2.88. The van der Waals surface area contributed by atoms with Crippen LogP contribution in [0.3, 0.4) is 0 Å². The maximum Gasteiger partial charge on any atom is 0.271 e. The number of benzene rings is 2. The topological polar surface area (TPSA) is 92.5 Å². The lowest BCUT2D eigenvalue weighted by Crippen LogP contribution is -2.14. The third kappa shape index (κ3) is 3.14. The summed E-state index contributed by atoms with van der Waals surface area (Å²) in [5.74, 6) is -1.56. The molecular formula is C14H11FN2O4. The summed E-state index contributed by atoms with van der Waals surface area (Å²) in [7, 11) is 0. The highest BCUT2D eigenvalue weighted by atomic mass is 19.1. The van der Waals surface area contributed by atoms with E-state index in [4.69, 9.17) is 0 Å². The number of hydrogen-bond donors (Lipinski definition) is 2. The van der Waals surface area contributed by atoms with Gasteiger partial charge in [0.05, 0.1) is 10.6 Å². The number of anilines is 1. The van der Waals surface area contributed by atoms with E-state index in [1.165, 1.54) is 12.1 Å². The van der Waals surface area contributed by atoms with Crippen LogP contribution in [0.25, 0.3) is 0 Å². The second kappa shape index (κ2) is 5.58. The van der Waals surface area contributed by atoms with Gasteiger partial charge in [-0.1, -0.05) is 6.07 Å². The van der Waals surface area contributed by atoms with Gasteiger partial charge in [-0.3, -0.25) is 14.9 Å². The zero-order valence-corrected chi connectivity index (χ0v) is 11.0. The monoisotopic (exact) mass is 290 g/mol. The summed E-state index contributed by atoms with van der Waals surface area (Å²) >= 11 is 0. The van der Waals surface area contributed by atoms with Gasteiger partial charge >= 0.3 is 0 Å². The predicted molar refractivity (Wildman–Crippen MR) is 73.9 cm³/mol. The molecule has 0 bridgehead atoms. The highest BCUT2D eigenvalue weighted by Gasteiger charge is 2.15. The third-order valence-corrected chi connectivity index (χ3v) is 2.88. The van der Waals surface area contributed by atoms with Crippen molar-refractivity contribution >= 4 is 17.3 Å². The molecule has 0 heterocycles. The molecule has 7 heteroatoms. The highest BCUT2D eigenvalue weighted by Crippen LogP contribution is 2.28. The van der Waals surface area contributed by atoms with Crippen LogP contribution in [0.1, 0.15) is 15.9 Å². The Morgan fingerprint density at radius 2 is 2.00 bits per heavy atom. The number of nitro benzene ring substituents is 1. The fourth-order valence-electron chi connectivity index (χ4n) is 1.77. The Balaban J connectivity index is 2.33. The summed E-state index contributed by atoms with van der Waals surface area (Å²) in [4.78, 5) is 22.1. The molecule has 0 atom stereocenters. The first kappa shape index (κ1) is 14.4. The lowest BCUT2D eigenvalue weighted by atomic mass is 10.1. The summed E-state index contributed by atoms with van der Waals surface area (Å²) in [6, 6.07) is 6.96. The second-order valence-electron chi connectivity index (χ2n) is 4.37. The Hall–Kier alpha value is -2.96. The molecule has 21 heavy (non-hydrogen) atoms. The van der Waals surface area contributed by atoms with Crippen LogP contribution in [0.5, 0.6) is 5.75 Å². The minimum atomic E-state index is -0.664. The van der Waals surface area contributed by atoms with E-state index in [1.807, 2.05) is 0 Å². The maximum atomic E-state index is 13.2. The number of carbonyl (C=O) groups excluding carboxylic acids is 1. The number of nitro groups is 1. The van der Waals surface area contributed by atoms with Crippen molar-refractivity contribution < 1.29 is 19.2 Å². The number of amides is 1. The summed E-state index contributed by atoms with van der Waals surface area (Å²) in [6.45, 7) is 1.63. The van der Waals surface area contributed by atoms with Gasteiger partial charge in [0.2, 0.25) is 0 Å². The van der Waals surface area contributed by atoms with Crippen molar-refractivity contribution in [1.29, 1.82) is 0 Å². The fourth-order valence-corrected chi connectivity index (χ4v) is 1.77. The molecule has 0 spiro atoms. The van der Waals surface area contributed by atoms with E-state index < -0.39 is 16.6 Å². The molecule has 0 fully saturated rings. The Labute approximate surface area is 119 Å². The normalized spacial score (nSPS) is 10.2. The first-order valence-corrected chi connectivity index (χ1v) is 5.93. The molecule has 0 saturated heterocycles. The minimum Gasteiger partial charge on any atom is -0.506 e. The molecule has 2 aromatic carbocycles. The Kier molecular flexibility index (Phi) is 3.84. The molecule has 108 valence electrons. The molecule has 0 saturated carbocycles. The van der Waals surface area contributed by atoms with Gasteiger partial charge in [0.25, 0.3) is 11.6 Å². The van der Waals surface area contributed by atoms with E-state index in [0.717, 1.165) is 24.3 Å². The lowest BCUT2D eigenvalue weighted by molar-refractivity contribution is -0.384. The molecule has 0 radical (unpaired) electrons.